The third-order valence-electron chi connectivity index (χ3n) is 2.66. The highest BCUT2D eigenvalue weighted by Crippen LogP contribution is 2.31. The van der Waals surface area contributed by atoms with Gasteiger partial charge in [0.1, 0.15) is 0 Å². The average molecular weight is 221 g/mol. The van der Waals surface area contributed by atoms with E-state index in [1.165, 1.54) is 5.56 Å². The largest absolute Gasteiger partial charge is 0.368 e. The van der Waals surface area contributed by atoms with E-state index in [2.05, 4.69) is 51.5 Å². The fraction of sp³-hybridized carbons (Fsp3) is 0.692. The van der Waals surface area contributed by atoms with Crippen molar-refractivity contribution < 1.29 is 0 Å². The van der Waals surface area contributed by atoms with Gasteiger partial charge in [-0.3, -0.25) is 0 Å². The monoisotopic (exact) mass is 221 g/mol. The van der Waals surface area contributed by atoms with Gasteiger partial charge in [-0.2, -0.15) is 0 Å². The van der Waals surface area contributed by atoms with Crippen LogP contribution in [0.5, 0.6) is 0 Å². The zero-order valence-corrected chi connectivity index (χ0v) is 11.3. The summed E-state index contributed by atoms with van der Waals surface area (Å²) in [6, 6.07) is 0. The molecule has 3 heteroatoms. The fourth-order valence-electron chi connectivity index (χ4n) is 1.98. The lowest BCUT2D eigenvalue weighted by Crippen LogP contribution is -2.21. The van der Waals surface area contributed by atoms with Crippen molar-refractivity contribution in [3.05, 3.63) is 17.0 Å². The molecule has 90 valence electrons. The summed E-state index contributed by atoms with van der Waals surface area (Å²) in [6.07, 6.45) is 0.906. The van der Waals surface area contributed by atoms with Crippen LogP contribution in [0.2, 0.25) is 0 Å². The molecule has 1 aromatic heterocycles. The first-order valence-electron chi connectivity index (χ1n) is 5.94. The molecular formula is C13H23N3. The van der Waals surface area contributed by atoms with Crippen molar-refractivity contribution in [2.45, 2.75) is 59.3 Å². The standard InChI is InChI=1S/C13H23N3/c1-7-9-10(8(2)3)11(13(4,5)6)16-12(14)15-9/h8H,7H2,1-6H3,(H2,14,15,16). The van der Waals surface area contributed by atoms with Crippen molar-refractivity contribution in [1.82, 2.24) is 9.97 Å². The van der Waals surface area contributed by atoms with Gasteiger partial charge in [0.05, 0.1) is 5.69 Å². The number of aromatic nitrogens is 2. The lowest BCUT2D eigenvalue weighted by Gasteiger charge is -2.25. The number of hydrogen-bond acceptors (Lipinski definition) is 3. The number of nitrogens with zero attached hydrogens (tertiary/aromatic N) is 2. The summed E-state index contributed by atoms with van der Waals surface area (Å²) in [7, 11) is 0. The van der Waals surface area contributed by atoms with Gasteiger partial charge in [0.2, 0.25) is 5.95 Å². The molecule has 0 spiro atoms. The van der Waals surface area contributed by atoms with Crippen LogP contribution in [0.15, 0.2) is 0 Å². The molecule has 2 N–H and O–H groups in total. The summed E-state index contributed by atoms with van der Waals surface area (Å²) in [5, 5.41) is 0. The smallest absolute Gasteiger partial charge is 0.220 e. The van der Waals surface area contributed by atoms with E-state index in [1.54, 1.807) is 0 Å². The lowest BCUT2D eigenvalue weighted by molar-refractivity contribution is 0.550. The quantitative estimate of drug-likeness (QED) is 0.835. The summed E-state index contributed by atoms with van der Waals surface area (Å²) >= 11 is 0. The van der Waals surface area contributed by atoms with Crippen molar-refractivity contribution >= 4 is 5.95 Å². The van der Waals surface area contributed by atoms with Gasteiger partial charge in [0.25, 0.3) is 0 Å². The molecule has 1 heterocycles. The van der Waals surface area contributed by atoms with Crippen LogP contribution in [-0.4, -0.2) is 9.97 Å². The van der Waals surface area contributed by atoms with Gasteiger partial charge in [0, 0.05) is 11.1 Å². The van der Waals surface area contributed by atoms with Crippen molar-refractivity contribution in [1.29, 1.82) is 0 Å². The number of nitrogens with two attached hydrogens (primary N) is 1. The van der Waals surface area contributed by atoms with Crippen LogP contribution in [0.25, 0.3) is 0 Å². The highest BCUT2D eigenvalue weighted by Gasteiger charge is 2.24. The molecule has 0 aromatic carbocycles. The van der Waals surface area contributed by atoms with Gasteiger partial charge in [-0.05, 0) is 17.9 Å². The molecule has 0 aliphatic carbocycles. The summed E-state index contributed by atoms with van der Waals surface area (Å²) in [5.41, 5.74) is 9.24. The molecule has 0 aliphatic rings. The SMILES string of the molecule is CCc1nc(N)nc(C(C)(C)C)c1C(C)C. The maximum absolute atomic E-state index is 5.78. The minimum absolute atomic E-state index is 0.0145. The summed E-state index contributed by atoms with van der Waals surface area (Å²) in [5.74, 6) is 0.830. The molecule has 0 saturated carbocycles. The second-order valence-electron chi connectivity index (χ2n) is 5.55. The minimum Gasteiger partial charge on any atom is -0.368 e. The van der Waals surface area contributed by atoms with E-state index >= 15 is 0 Å². The Morgan fingerprint density at radius 3 is 2.12 bits per heavy atom. The molecule has 3 nitrogen and oxygen atoms in total. The van der Waals surface area contributed by atoms with Crippen molar-refractivity contribution in [3.8, 4) is 0 Å². The number of aryl methyl sites for hydroxylation is 1. The van der Waals surface area contributed by atoms with Crippen LogP contribution >= 0.6 is 0 Å². The Bertz CT molecular complexity index is 375. The Balaban J connectivity index is 3.51. The van der Waals surface area contributed by atoms with Crippen LogP contribution in [0.3, 0.4) is 0 Å². The predicted molar refractivity (Wildman–Crippen MR) is 68.6 cm³/mol. The number of hydrogen-bond donors (Lipinski definition) is 1. The molecule has 0 bridgehead atoms. The first-order chi connectivity index (χ1) is 7.27. The maximum atomic E-state index is 5.78. The van der Waals surface area contributed by atoms with E-state index in [0.29, 0.717) is 11.9 Å². The Morgan fingerprint density at radius 1 is 1.19 bits per heavy atom. The molecule has 0 saturated heterocycles. The van der Waals surface area contributed by atoms with E-state index in [9.17, 15) is 0 Å². The number of anilines is 1. The molecule has 0 radical (unpaired) electrons. The van der Waals surface area contributed by atoms with Crippen LogP contribution < -0.4 is 5.73 Å². The highest BCUT2D eigenvalue weighted by molar-refractivity contribution is 5.37. The zero-order chi connectivity index (χ0) is 12.5. The molecule has 0 amide bonds. The summed E-state index contributed by atoms with van der Waals surface area (Å²) < 4.78 is 0. The third-order valence-corrected chi connectivity index (χ3v) is 2.66. The van der Waals surface area contributed by atoms with Crippen LogP contribution in [0.1, 0.15) is 64.4 Å². The van der Waals surface area contributed by atoms with Crippen molar-refractivity contribution in [3.63, 3.8) is 0 Å². The molecule has 1 aromatic rings. The lowest BCUT2D eigenvalue weighted by atomic mass is 9.84. The number of nitrogen functional groups attached to an aromatic ring is 1. The summed E-state index contributed by atoms with van der Waals surface area (Å²) in [4.78, 5) is 8.79. The van der Waals surface area contributed by atoms with E-state index in [1.807, 2.05) is 0 Å². The molecule has 16 heavy (non-hydrogen) atoms. The minimum atomic E-state index is 0.0145. The first-order valence-corrected chi connectivity index (χ1v) is 5.94. The van der Waals surface area contributed by atoms with Gasteiger partial charge in [-0.1, -0.05) is 41.5 Å². The van der Waals surface area contributed by atoms with Crippen molar-refractivity contribution in [2.75, 3.05) is 5.73 Å². The van der Waals surface area contributed by atoms with Gasteiger partial charge < -0.3 is 5.73 Å². The normalized spacial score (nSPS) is 12.2. The predicted octanol–water partition coefficient (Wildman–Crippen LogP) is 3.04. The van der Waals surface area contributed by atoms with Gasteiger partial charge in [-0.15, -0.1) is 0 Å². The maximum Gasteiger partial charge on any atom is 0.220 e. The second kappa shape index (κ2) is 4.40. The Kier molecular flexibility index (Phi) is 3.56. The van der Waals surface area contributed by atoms with Crippen LogP contribution in [0.4, 0.5) is 5.95 Å². The zero-order valence-electron chi connectivity index (χ0n) is 11.3. The molecule has 0 unspecified atom stereocenters. The number of rotatable bonds is 2. The molecule has 0 atom stereocenters. The van der Waals surface area contributed by atoms with E-state index < -0.39 is 0 Å². The second-order valence-corrected chi connectivity index (χ2v) is 5.55. The topological polar surface area (TPSA) is 51.8 Å². The molecule has 0 fully saturated rings. The molecular weight excluding hydrogens is 198 g/mol. The van der Waals surface area contributed by atoms with Crippen LogP contribution in [-0.2, 0) is 11.8 Å². The average Bonchev–Trinajstić information content (AvgIpc) is 2.14. The third kappa shape index (κ3) is 2.52. The van der Waals surface area contributed by atoms with Crippen molar-refractivity contribution in [2.24, 2.45) is 0 Å². The van der Waals surface area contributed by atoms with Crippen LogP contribution in [0, 0.1) is 0 Å². The highest BCUT2D eigenvalue weighted by atomic mass is 15.0. The fourth-order valence-corrected chi connectivity index (χ4v) is 1.98. The Labute approximate surface area is 98.5 Å². The van der Waals surface area contributed by atoms with E-state index in [0.717, 1.165) is 17.8 Å². The van der Waals surface area contributed by atoms with E-state index in [-0.39, 0.29) is 5.41 Å². The van der Waals surface area contributed by atoms with Gasteiger partial charge >= 0.3 is 0 Å². The molecule has 1 rings (SSSR count). The van der Waals surface area contributed by atoms with Gasteiger partial charge in [0.15, 0.2) is 0 Å². The van der Waals surface area contributed by atoms with Gasteiger partial charge in [-0.25, -0.2) is 9.97 Å². The first kappa shape index (κ1) is 12.9. The molecule has 0 aliphatic heterocycles. The Morgan fingerprint density at radius 2 is 1.75 bits per heavy atom. The Hall–Kier alpha value is -1.12. The van der Waals surface area contributed by atoms with E-state index in [4.69, 9.17) is 5.73 Å². The summed E-state index contributed by atoms with van der Waals surface area (Å²) in [6.45, 7) is 13.0.